The predicted octanol–water partition coefficient (Wildman–Crippen LogP) is 2.81. The molecule has 2 atom stereocenters. The zero-order valence-corrected chi connectivity index (χ0v) is 14.0. The van der Waals surface area contributed by atoms with Gasteiger partial charge in [0.25, 0.3) is 5.91 Å². The Morgan fingerprint density at radius 2 is 1.91 bits per heavy atom. The second-order valence-corrected chi connectivity index (χ2v) is 6.16. The molecule has 1 aromatic carbocycles. The highest BCUT2D eigenvalue weighted by Gasteiger charge is 2.31. The van der Waals surface area contributed by atoms with E-state index >= 15 is 0 Å². The second kappa shape index (κ2) is 8.77. The Hall–Kier alpha value is -1.75. The van der Waals surface area contributed by atoms with Gasteiger partial charge in [0.05, 0.1) is 13.0 Å². The van der Waals surface area contributed by atoms with Gasteiger partial charge in [0.1, 0.15) is 5.75 Å². The van der Waals surface area contributed by atoms with Crippen LogP contribution in [0.3, 0.4) is 0 Å². The van der Waals surface area contributed by atoms with Gasteiger partial charge < -0.3 is 14.8 Å². The van der Waals surface area contributed by atoms with Crippen LogP contribution in [-0.2, 0) is 14.3 Å². The van der Waals surface area contributed by atoms with E-state index in [2.05, 4.69) is 5.32 Å². The lowest BCUT2D eigenvalue weighted by Gasteiger charge is -2.29. The summed E-state index contributed by atoms with van der Waals surface area (Å²) in [5.41, 5.74) is 0. The van der Waals surface area contributed by atoms with Crippen molar-refractivity contribution in [2.45, 2.75) is 25.7 Å². The van der Waals surface area contributed by atoms with Gasteiger partial charge >= 0.3 is 5.97 Å². The lowest BCUT2D eigenvalue weighted by Crippen LogP contribution is -2.39. The SMILES string of the molecule is COC(=O)C1CCCCC1CNC(=O)COc1ccc(Cl)cc1. The first-order valence-corrected chi connectivity index (χ1v) is 8.21. The van der Waals surface area contributed by atoms with Gasteiger partial charge in [-0.05, 0) is 43.0 Å². The molecule has 5 nitrogen and oxygen atoms in total. The van der Waals surface area contributed by atoms with Gasteiger partial charge in [-0.2, -0.15) is 0 Å². The Bertz CT molecular complexity index is 532. The lowest BCUT2D eigenvalue weighted by molar-refractivity contribution is -0.148. The quantitative estimate of drug-likeness (QED) is 0.809. The first-order valence-electron chi connectivity index (χ1n) is 7.83. The van der Waals surface area contributed by atoms with Crippen LogP contribution < -0.4 is 10.1 Å². The molecule has 0 aromatic heterocycles. The van der Waals surface area contributed by atoms with Crippen LogP contribution in [0.4, 0.5) is 0 Å². The van der Waals surface area contributed by atoms with Gasteiger partial charge in [0.2, 0.25) is 0 Å². The summed E-state index contributed by atoms with van der Waals surface area (Å²) < 4.78 is 10.3. The summed E-state index contributed by atoms with van der Waals surface area (Å²) in [4.78, 5) is 23.7. The van der Waals surface area contributed by atoms with Crippen LogP contribution >= 0.6 is 11.6 Å². The molecule has 1 saturated carbocycles. The summed E-state index contributed by atoms with van der Waals surface area (Å²) >= 11 is 5.79. The molecule has 2 unspecified atom stereocenters. The maximum Gasteiger partial charge on any atom is 0.309 e. The van der Waals surface area contributed by atoms with E-state index in [0.29, 0.717) is 17.3 Å². The molecule has 1 aromatic rings. The minimum Gasteiger partial charge on any atom is -0.484 e. The maximum absolute atomic E-state index is 11.9. The molecule has 6 heteroatoms. The third-order valence-corrected chi connectivity index (χ3v) is 4.41. The number of hydrogen-bond donors (Lipinski definition) is 1. The van der Waals surface area contributed by atoms with Crippen molar-refractivity contribution < 1.29 is 19.1 Å². The summed E-state index contributed by atoms with van der Waals surface area (Å²) in [6.45, 7) is 0.416. The summed E-state index contributed by atoms with van der Waals surface area (Å²) in [5.74, 6) is 0.229. The fraction of sp³-hybridized carbons (Fsp3) is 0.529. The molecule has 1 amide bonds. The van der Waals surface area contributed by atoms with Crippen LogP contribution in [0.25, 0.3) is 0 Å². The van der Waals surface area contributed by atoms with Crippen molar-refractivity contribution in [2.75, 3.05) is 20.3 Å². The number of halogens is 1. The van der Waals surface area contributed by atoms with Crippen molar-refractivity contribution in [1.29, 1.82) is 0 Å². The Morgan fingerprint density at radius 1 is 1.22 bits per heavy atom. The average molecular weight is 340 g/mol. The molecule has 23 heavy (non-hydrogen) atoms. The van der Waals surface area contributed by atoms with Crippen LogP contribution in [0, 0.1) is 11.8 Å². The first-order chi connectivity index (χ1) is 11.1. The number of esters is 1. The van der Waals surface area contributed by atoms with Crippen molar-refractivity contribution >= 4 is 23.5 Å². The lowest BCUT2D eigenvalue weighted by atomic mass is 9.79. The molecular weight excluding hydrogens is 318 g/mol. The fourth-order valence-electron chi connectivity index (χ4n) is 2.89. The van der Waals surface area contributed by atoms with E-state index in [1.54, 1.807) is 24.3 Å². The molecule has 1 aliphatic carbocycles. The maximum atomic E-state index is 11.9. The number of rotatable bonds is 6. The summed E-state index contributed by atoms with van der Waals surface area (Å²) in [5, 5.41) is 3.46. The molecule has 0 heterocycles. The number of amides is 1. The monoisotopic (exact) mass is 339 g/mol. The van der Waals surface area contributed by atoms with Crippen LogP contribution in [-0.4, -0.2) is 32.1 Å². The van der Waals surface area contributed by atoms with Gasteiger partial charge in [0.15, 0.2) is 6.61 Å². The highest BCUT2D eigenvalue weighted by molar-refractivity contribution is 6.30. The molecule has 126 valence electrons. The third-order valence-electron chi connectivity index (χ3n) is 4.16. The summed E-state index contributed by atoms with van der Waals surface area (Å²) in [7, 11) is 1.41. The van der Waals surface area contributed by atoms with E-state index in [-0.39, 0.29) is 30.3 Å². The van der Waals surface area contributed by atoms with Crippen molar-refractivity contribution in [3.05, 3.63) is 29.3 Å². The Kier molecular flexibility index (Phi) is 6.71. The van der Waals surface area contributed by atoms with Gasteiger partial charge in [-0.15, -0.1) is 0 Å². The van der Waals surface area contributed by atoms with E-state index in [1.807, 2.05) is 0 Å². The molecule has 1 N–H and O–H groups in total. The van der Waals surface area contributed by atoms with E-state index < -0.39 is 0 Å². The topological polar surface area (TPSA) is 64.6 Å². The number of carbonyl (C=O) groups excluding carboxylic acids is 2. The molecule has 0 spiro atoms. The minimum atomic E-state index is -0.200. The molecule has 0 radical (unpaired) electrons. The van der Waals surface area contributed by atoms with E-state index in [4.69, 9.17) is 21.1 Å². The number of carbonyl (C=O) groups is 2. The Balaban J connectivity index is 1.76. The van der Waals surface area contributed by atoms with Crippen molar-refractivity contribution in [1.82, 2.24) is 5.32 Å². The zero-order valence-electron chi connectivity index (χ0n) is 13.2. The van der Waals surface area contributed by atoms with E-state index in [9.17, 15) is 9.59 Å². The van der Waals surface area contributed by atoms with Crippen LogP contribution in [0.5, 0.6) is 5.75 Å². The first kappa shape index (κ1) is 17.6. The van der Waals surface area contributed by atoms with E-state index in [0.717, 1.165) is 25.7 Å². The van der Waals surface area contributed by atoms with Crippen LogP contribution in [0.2, 0.25) is 5.02 Å². The number of hydrogen-bond acceptors (Lipinski definition) is 4. The number of ether oxygens (including phenoxy) is 2. The van der Waals surface area contributed by atoms with Crippen LogP contribution in [0.15, 0.2) is 24.3 Å². The largest absolute Gasteiger partial charge is 0.484 e. The summed E-state index contributed by atoms with van der Waals surface area (Å²) in [6.07, 6.45) is 3.87. The van der Waals surface area contributed by atoms with Crippen LogP contribution in [0.1, 0.15) is 25.7 Å². The highest BCUT2D eigenvalue weighted by atomic mass is 35.5. The Labute approximate surface area is 141 Å². The number of nitrogens with one attached hydrogen (secondary N) is 1. The van der Waals surface area contributed by atoms with Gasteiger partial charge in [-0.1, -0.05) is 24.4 Å². The fourth-order valence-corrected chi connectivity index (χ4v) is 3.02. The molecule has 2 rings (SSSR count). The summed E-state index contributed by atoms with van der Waals surface area (Å²) in [6, 6.07) is 6.84. The number of benzene rings is 1. The predicted molar refractivity (Wildman–Crippen MR) is 87.4 cm³/mol. The third kappa shape index (κ3) is 5.43. The highest BCUT2D eigenvalue weighted by Crippen LogP contribution is 2.30. The molecule has 1 fully saturated rings. The minimum absolute atomic E-state index is 0.0583. The number of methoxy groups -OCH3 is 1. The molecule has 0 saturated heterocycles. The van der Waals surface area contributed by atoms with Gasteiger partial charge in [-0.3, -0.25) is 9.59 Å². The smallest absolute Gasteiger partial charge is 0.309 e. The van der Waals surface area contributed by atoms with Crippen molar-refractivity contribution in [2.24, 2.45) is 11.8 Å². The van der Waals surface area contributed by atoms with Gasteiger partial charge in [-0.25, -0.2) is 0 Å². The second-order valence-electron chi connectivity index (χ2n) is 5.72. The molecular formula is C17H22ClNO4. The Morgan fingerprint density at radius 3 is 2.61 bits per heavy atom. The van der Waals surface area contributed by atoms with Gasteiger partial charge in [0, 0.05) is 11.6 Å². The zero-order chi connectivity index (χ0) is 16.7. The normalized spacial score (nSPS) is 20.6. The molecule has 1 aliphatic rings. The average Bonchev–Trinajstić information content (AvgIpc) is 2.59. The van der Waals surface area contributed by atoms with E-state index in [1.165, 1.54) is 7.11 Å². The standard InChI is InChI=1S/C17H22ClNO4/c1-22-17(21)15-5-3-2-4-12(15)10-19-16(20)11-23-14-8-6-13(18)7-9-14/h6-9,12,15H,2-5,10-11H2,1H3,(H,19,20). The van der Waals surface area contributed by atoms with Crippen molar-refractivity contribution in [3.63, 3.8) is 0 Å². The molecule has 0 bridgehead atoms. The van der Waals surface area contributed by atoms with Crippen molar-refractivity contribution in [3.8, 4) is 5.75 Å². The molecule has 0 aliphatic heterocycles.